The highest BCUT2D eigenvalue weighted by Crippen LogP contribution is 2.60. The second-order valence-corrected chi connectivity index (χ2v) is 6.87. The van der Waals surface area contributed by atoms with Crippen LogP contribution in [-0.4, -0.2) is 7.11 Å². The second-order valence-electron chi connectivity index (χ2n) is 6.87. The van der Waals surface area contributed by atoms with E-state index in [0.717, 1.165) is 5.75 Å². The third-order valence-corrected chi connectivity index (χ3v) is 5.93. The Bertz CT molecular complexity index is 1100. The maximum Gasteiger partial charge on any atom is 0.126 e. The number of rotatable bonds is 1. The number of ether oxygens (including phenoxy) is 1. The number of benzene rings is 4. The Hall–Kier alpha value is -2.80. The molecule has 24 heavy (non-hydrogen) atoms. The molecule has 4 aromatic rings. The number of methoxy groups -OCH3 is 1. The summed E-state index contributed by atoms with van der Waals surface area (Å²) in [4.78, 5) is 0. The molecule has 0 heterocycles. The summed E-state index contributed by atoms with van der Waals surface area (Å²) in [7, 11) is 1.76. The van der Waals surface area contributed by atoms with Crippen LogP contribution in [0.2, 0.25) is 0 Å². The predicted octanol–water partition coefficient (Wildman–Crippen LogP) is 5.59. The second kappa shape index (κ2) is 4.18. The summed E-state index contributed by atoms with van der Waals surface area (Å²) in [6, 6.07) is 24.6. The summed E-state index contributed by atoms with van der Waals surface area (Å²) in [5, 5.41) is 5.47. The van der Waals surface area contributed by atoms with E-state index in [-0.39, 0.29) is 0 Å². The van der Waals surface area contributed by atoms with Gasteiger partial charge in [0.25, 0.3) is 0 Å². The Kier molecular flexibility index (Phi) is 2.20. The van der Waals surface area contributed by atoms with Crippen LogP contribution in [0.5, 0.6) is 5.75 Å². The van der Waals surface area contributed by atoms with Crippen molar-refractivity contribution in [2.45, 2.75) is 11.8 Å². The Labute approximate surface area is 140 Å². The Morgan fingerprint density at radius 1 is 0.625 bits per heavy atom. The zero-order valence-corrected chi connectivity index (χ0v) is 13.4. The first-order valence-electron chi connectivity index (χ1n) is 8.49. The molecule has 6 rings (SSSR count). The van der Waals surface area contributed by atoms with Gasteiger partial charge in [0.1, 0.15) is 5.75 Å². The van der Waals surface area contributed by atoms with E-state index in [1.54, 1.807) is 7.11 Å². The largest absolute Gasteiger partial charge is 0.496 e. The maximum absolute atomic E-state index is 5.61. The maximum atomic E-state index is 5.61. The molecule has 0 aliphatic heterocycles. The lowest BCUT2D eigenvalue weighted by molar-refractivity contribution is 0.419. The van der Waals surface area contributed by atoms with Crippen LogP contribution in [0, 0.1) is 0 Å². The summed E-state index contributed by atoms with van der Waals surface area (Å²) in [5.74, 6) is 1.86. The van der Waals surface area contributed by atoms with Crippen molar-refractivity contribution in [3.63, 3.8) is 0 Å². The molecule has 0 spiro atoms. The molecule has 0 radical (unpaired) electrons. The van der Waals surface area contributed by atoms with E-state index >= 15 is 0 Å². The van der Waals surface area contributed by atoms with Gasteiger partial charge in [-0.3, -0.25) is 0 Å². The third kappa shape index (κ3) is 1.29. The van der Waals surface area contributed by atoms with Gasteiger partial charge in [-0.2, -0.15) is 0 Å². The van der Waals surface area contributed by atoms with Crippen LogP contribution < -0.4 is 4.74 Å². The fraction of sp³-hybridized carbons (Fsp3) is 0.130. The molecule has 2 aliphatic rings. The Balaban J connectivity index is 1.78. The normalized spacial score (nSPS) is 19.9. The molecule has 0 N–H and O–H groups in total. The van der Waals surface area contributed by atoms with Gasteiger partial charge in [-0.05, 0) is 44.5 Å². The van der Waals surface area contributed by atoms with Gasteiger partial charge in [-0.25, -0.2) is 0 Å². The molecular formula is C23H16O. The highest BCUT2D eigenvalue weighted by molar-refractivity contribution is 6.02. The van der Waals surface area contributed by atoms with Gasteiger partial charge in [-0.1, -0.05) is 60.7 Å². The smallest absolute Gasteiger partial charge is 0.126 e. The minimum Gasteiger partial charge on any atom is -0.496 e. The number of hydrogen-bond acceptors (Lipinski definition) is 1. The van der Waals surface area contributed by atoms with Crippen molar-refractivity contribution in [3.8, 4) is 5.75 Å². The average Bonchev–Trinajstić information content (AvgIpc) is 3.14. The topological polar surface area (TPSA) is 9.23 Å². The van der Waals surface area contributed by atoms with Crippen LogP contribution in [0.1, 0.15) is 34.1 Å². The minimum atomic E-state index is 0.442. The van der Waals surface area contributed by atoms with Crippen molar-refractivity contribution in [1.29, 1.82) is 0 Å². The molecule has 1 nitrogen and oxygen atoms in total. The van der Waals surface area contributed by atoms with Crippen LogP contribution >= 0.6 is 0 Å². The standard InChI is InChI=1S/C23H16O/c1-24-19-12-11-18-21-14(19)7-4-10-17(21)22-15-8-2-5-13-6-3-9-16(20(13)15)23(18)22/h2-12,22-23H,1H3. The van der Waals surface area contributed by atoms with Gasteiger partial charge in [0.2, 0.25) is 0 Å². The molecule has 0 fully saturated rings. The fourth-order valence-electron chi connectivity index (χ4n) is 5.10. The Morgan fingerprint density at radius 2 is 1.21 bits per heavy atom. The SMILES string of the molecule is COc1ccc2c3c(cccc13)C1c3cccc4cccc(c34)C21. The molecule has 114 valence electrons. The van der Waals surface area contributed by atoms with Crippen molar-refractivity contribution in [2.75, 3.05) is 7.11 Å². The number of hydrogen-bond donors (Lipinski definition) is 0. The third-order valence-electron chi connectivity index (χ3n) is 5.93. The van der Waals surface area contributed by atoms with Crippen molar-refractivity contribution >= 4 is 21.5 Å². The molecule has 0 aromatic heterocycles. The molecule has 2 aliphatic carbocycles. The first-order valence-corrected chi connectivity index (χ1v) is 8.49. The molecule has 4 aromatic carbocycles. The van der Waals surface area contributed by atoms with Crippen molar-refractivity contribution in [3.05, 3.63) is 89.0 Å². The van der Waals surface area contributed by atoms with Gasteiger partial charge in [-0.15, -0.1) is 0 Å². The summed E-state index contributed by atoms with van der Waals surface area (Å²) < 4.78 is 5.61. The van der Waals surface area contributed by atoms with Crippen molar-refractivity contribution < 1.29 is 4.74 Å². The number of fused-ring (bicyclic) bond motifs is 5. The van der Waals surface area contributed by atoms with Crippen molar-refractivity contribution in [2.24, 2.45) is 0 Å². The van der Waals surface area contributed by atoms with Gasteiger partial charge >= 0.3 is 0 Å². The van der Waals surface area contributed by atoms with Gasteiger partial charge in [0.05, 0.1) is 7.11 Å². The lowest BCUT2D eigenvalue weighted by Gasteiger charge is -2.14. The predicted molar refractivity (Wildman–Crippen MR) is 98.1 cm³/mol. The first kappa shape index (κ1) is 12.6. The van der Waals surface area contributed by atoms with Crippen LogP contribution in [0.3, 0.4) is 0 Å². The van der Waals surface area contributed by atoms with E-state index in [0.29, 0.717) is 11.8 Å². The van der Waals surface area contributed by atoms with Crippen LogP contribution in [-0.2, 0) is 0 Å². The molecule has 0 bridgehead atoms. The van der Waals surface area contributed by atoms with E-state index < -0.39 is 0 Å². The average molecular weight is 308 g/mol. The molecule has 2 unspecified atom stereocenters. The van der Waals surface area contributed by atoms with Gasteiger partial charge in [0.15, 0.2) is 0 Å². The van der Waals surface area contributed by atoms with E-state index in [9.17, 15) is 0 Å². The Morgan fingerprint density at radius 3 is 1.88 bits per heavy atom. The minimum absolute atomic E-state index is 0.442. The highest BCUT2D eigenvalue weighted by Gasteiger charge is 2.42. The molecule has 0 amide bonds. The summed E-state index contributed by atoms with van der Waals surface area (Å²) in [6.07, 6.45) is 0. The molecule has 1 heteroatoms. The fourth-order valence-corrected chi connectivity index (χ4v) is 5.10. The lowest BCUT2D eigenvalue weighted by atomic mass is 9.88. The van der Waals surface area contributed by atoms with Crippen molar-refractivity contribution in [1.82, 2.24) is 0 Å². The first-order chi connectivity index (χ1) is 11.9. The van der Waals surface area contributed by atoms with E-state index in [4.69, 9.17) is 4.74 Å². The van der Waals surface area contributed by atoms with Crippen LogP contribution in [0.4, 0.5) is 0 Å². The van der Waals surface area contributed by atoms with E-state index in [1.165, 1.54) is 43.8 Å². The monoisotopic (exact) mass is 308 g/mol. The van der Waals surface area contributed by atoms with Crippen LogP contribution in [0.15, 0.2) is 66.7 Å². The summed E-state index contributed by atoms with van der Waals surface area (Å²) in [5.41, 5.74) is 5.87. The molecule has 2 atom stereocenters. The van der Waals surface area contributed by atoms with E-state index in [2.05, 4.69) is 66.7 Å². The quantitative estimate of drug-likeness (QED) is 0.445. The van der Waals surface area contributed by atoms with E-state index in [1.807, 2.05) is 0 Å². The van der Waals surface area contributed by atoms with Gasteiger partial charge in [0, 0.05) is 17.2 Å². The van der Waals surface area contributed by atoms with Gasteiger partial charge < -0.3 is 4.74 Å². The highest BCUT2D eigenvalue weighted by atomic mass is 16.5. The lowest BCUT2D eigenvalue weighted by Crippen LogP contribution is -2.01. The zero-order valence-electron chi connectivity index (χ0n) is 13.4. The summed E-state index contributed by atoms with van der Waals surface area (Å²) >= 11 is 0. The zero-order chi connectivity index (χ0) is 15.8. The summed E-state index contributed by atoms with van der Waals surface area (Å²) in [6.45, 7) is 0. The molecular weight excluding hydrogens is 292 g/mol. The van der Waals surface area contributed by atoms with Crippen LogP contribution in [0.25, 0.3) is 21.5 Å². The molecule has 0 saturated heterocycles. The molecule has 0 saturated carbocycles.